The third kappa shape index (κ3) is 1.58. The first-order valence-corrected chi connectivity index (χ1v) is 5.53. The molecule has 1 saturated heterocycles. The molecule has 2 heterocycles. The Kier molecular flexibility index (Phi) is 2.17. The van der Waals surface area contributed by atoms with Gasteiger partial charge < -0.3 is 9.72 Å². The number of hydrogen-bond donors (Lipinski definition) is 1. The van der Waals surface area contributed by atoms with Gasteiger partial charge in [-0.05, 0) is 18.1 Å². The molecule has 82 valence electrons. The second-order valence-electron chi connectivity index (χ2n) is 4.32. The zero-order valence-electron chi connectivity index (χ0n) is 8.90. The number of fused-ring (bicyclic) bond motifs is 1. The number of rotatable bonds is 2. The molecule has 0 bridgehead atoms. The van der Waals surface area contributed by atoms with E-state index in [4.69, 9.17) is 4.74 Å². The van der Waals surface area contributed by atoms with Crippen LogP contribution in [0.4, 0.5) is 0 Å². The van der Waals surface area contributed by atoms with Gasteiger partial charge in [0.1, 0.15) is 0 Å². The molecule has 0 amide bonds. The summed E-state index contributed by atoms with van der Waals surface area (Å²) < 4.78 is 4.98. The molecule has 0 radical (unpaired) electrons. The van der Waals surface area contributed by atoms with Crippen molar-refractivity contribution >= 4 is 16.9 Å². The highest BCUT2D eigenvalue weighted by Gasteiger charge is 2.24. The van der Waals surface area contributed by atoms with E-state index in [2.05, 4.69) is 17.1 Å². The molecule has 3 rings (SSSR count). The van der Waals surface area contributed by atoms with Gasteiger partial charge in [0, 0.05) is 23.0 Å². The summed E-state index contributed by atoms with van der Waals surface area (Å²) >= 11 is 0. The Morgan fingerprint density at radius 2 is 2.25 bits per heavy atom. The van der Waals surface area contributed by atoms with Crippen LogP contribution in [0.2, 0.25) is 0 Å². The minimum absolute atomic E-state index is 0.0650. The van der Waals surface area contributed by atoms with Crippen LogP contribution in [0.15, 0.2) is 30.5 Å². The van der Waals surface area contributed by atoms with Crippen LogP contribution in [0.5, 0.6) is 0 Å². The smallest absolute Gasteiger partial charge is 0.306 e. The summed E-state index contributed by atoms with van der Waals surface area (Å²) in [5.74, 6) is 0.275. The molecule has 1 aliphatic heterocycles. The summed E-state index contributed by atoms with van der Waals surface area (Å²) in [5, 5.41) is 1.25. The van der Waals surface area contributed by atoms with Gasteiger partial charge in [-0.2, -0.15) is 0 Å². The van der Waals surface area contributed by atoms with E-state index in [0.717, 1.165) is 11.9 Å². The van der Waals surface area contributed by atoms with Gasteiger partial charge in [-0.25, -0.2) is 0 Å². The molecule has 1 aromatic heterocycles. The third-order valence-electron chi connectivity index (χ3n) is 3.12. The molecule has 0 aliphatic carbocycles. The fourth-order valence-electron chi connectivity index (χ4n) is 2.31. The molecule has 0 spiro atoms. The van der Waals surface area contributed by atoms with Gasteiger partial charge in [0.2, 0.25) is 0 Å². The van der Waals surface area contributed by atoms with Crippen molar-refractivity contribution in [1.29, 1.82) is 0 Å². The van der Waals surface area contributed by atoms with E-state index in [1.54, 1.807) is 0 Å². The second kappa shape index (κ2) is 3.67. The first kappa shape index (κ1) is 9.46. The average Bonchev–Trinajstić information content (AvgIpc) is 2.87. The number of carbonyl (C=O) groups is 1. The Morgan fingerprint density at radius 1 is 1.38 bits per heavy atom. The van der Waals surface area contributed by atoms with Crippen molar-refractivity contribution in [3.63, 3.8) is 0 Å². The highest BCUT2D eigenvalue weighted by Crippen LogP contribution is 2.24. The van der Waals surface area contributed by atoms with Gasteiger partial charge in [-0.3, -0.25) is 4.79 Å². The number of carbonyl (C=O) groups excluding carboxylic acids is 1. The molecule has 3 nitrogen and oxygen atoms in total. The quantitative estimate of drug-likeness (QED) is 0.781. The Labute approximate surface area is 93.4 Å². The monoisotopic (exact) mass is 215 g/mol. The van der Waals surface area contributed by atoms with E-state index in [-0.39, 0.29) is 5.97 Å². The van der Waals surface area contributed by atoms with Crippen molar-refractivity contribution in [3.05, 3.63) is 36.0 Å². The number of esters is 1. The molecular formula is C13H13NO2. The summed E-state index contributed by atoms with van der Waals surface area (Å²) in [5.41, 5.74) is 2.43. The van der Waals surface area contributed by atoms with Crippen LogP contribution in [0.1, 0.15) is 12.0 Å². The van der Waals surface area contributed by atoms with Crippen molar-refractivity contribution in [2.75, 3.05) is 6.61 Å². The summed E-state index contributed by atoms with van der Waals surface area (Å²) in [6.07, 6.45) is 3.50. The lowest BCUT2D eigenvalue weighted by Crippen LogP contribution is -2.02. The molecule has 1 atom stereocenters. The zero-order valence-corrected chi connectivity index (χ0v) is 8.90. The van der Waals surface area contributed by atoms with Crippen LogP contribution in [0.25, 0.3) is 10.9 Å². The van der Waals surface area contributed by atoms with Gasteiger partial charge >= 0.3 is 5.97 Å². The maximum Gasteiger partial charge on any atom is 0.306 e. The average molecular weight is 215 g/mol. The number of nitrogens with one attached hydrogen (secondary N) is 1. The standard InChI is InChI=1S/C13H13NO2/c15-13-6-9(8-16-13)5-10-7-14-12-4-2-1-3-11(10)12/h1-4,7,9,14H,5-6,8H2/t9-/m1/s1. The van der Waals surface area contributed by atoms with Crippen molar-refractivity contribution in [2.45, 2.75) is 12.8 Å². The Balaban J connectivity index is 1.86. The minimum Gasteiger partial charge on any atom is -0.465 e. The number of H-pyrrole nitrogens is 1. The first-order chi connectivity index (χ1) is 7.83. The number of para-hydroxylation sites is 1. The molecule has 2 aromatic rings. The summed E-state index contributed by atoms with van der Waals surface area (Å²) in [7, 11) is 0. The molecule has 16 heavy (non-hydrogen) atoms. The summed E-state index contributed by atoms with van der Waals surface area (Å²) in [4.78, 5) is 14.3. The first-order valence-electron chi connectivity index (χ1n) is 5.53. The second-order valence-corrected chi connectivity index (χ2v) is 4.32. The summed E-state index contributed by atoms with van der Waals surface area (Å²) in [6, 6.07) is 8.23. The van der Waals surface area contributed by atoms with Gasteiger partial charge in [-0.15, -0.1) is 0 Å². The SMILES string of the molecule is O=C1C[C@@H](Cc2c[nH]c3ccccc23)CO1. The van der Waals surface area contributed by atoms with Crippen LogP contribution in [0, 0.1) is 5.92 Å². The fraction of sp³-hybridized carbons (Fsp3) is 0.308. The largest absolute Gasteiger partial charge is 0.465 e. The zero-order chi connectivity index (χ0) is 11.0. The molecule has 1 fully saturated rings. The topological polar surface area (TPSA) is 42.1 Å². The Bertz CT molecular complexity index is 529. The third-order valence-corrected chi connectivity index (χ3v) is 3.12. The predicted octanol–water partition coefficient (Wildman–Crippen LogP) is 2.27. The maximum absolute atomic E-state index is 11.0. The van der Waals surface area contributed by atoms with Crippen molar-refractivity contribution in [1.82, 2.24) is 4.98 Å². The lowest BCUT2D eigenvalue weighted by Gasteiger charge is -2.04. The van der Waals surface area contributed by atoms with Gasteiger partial charge in [0.25, 0.3) is 0 Å². The number of hydrogen-bond acceptors (Lipinski definition) is 2. The van der Waals surface area contributed by atoms with Crippen LogP contribution in [0.3, 0.4) is 0 Å². The number of aromatic amines is 1. The minimum atomic E-state index is -0.0650. The Hall–Kier alpha value is -1.77. The molecule has 3 heteroatoms. The molecule has 0 saturated carbocycles. The van der Waals surface area contributed by atoms with E-state index in [0.29, 0.717) is 18.9 Å². The van der Waals surface area contributed by atoms with E-state index >= 15 is 0 Å². The molecule has 0 unspecified atom stereocenters. The molecule has 1 N–H and O–H groups in total. The van der Waals surface area contributed by atoms with Gasteiger partial charge in [-0.1, -0.05) is 18.2 Å². The van der Waals surface area contributed by atoms with Crippen LogP contribution in [-0.2, 0) is 16.0 Å². The molecule has 1 aliphatic rings. The number of benzene rings is 1. The maximum atomic E-state index is 11.0. The number of aromatic nitrogens is 1. The van der Waals surface area contributed by atoms with E-state index in [9.17, 15) is 4.79 Å². The lowest BCUT2D eigenvalue weighted by atomic mass is 9.98. The van der Waals surface area contributed by atoms with E-state index in [1.165, 1.54) is 10.9 Å². The fourth-order valence-corrected chi connectivity index (χ4v) is 2.31. The van der Waals surface area contributed by atoms with Gasteiger partial charge in [0.15, 0.2) is 0 Å². The molecule has 1 aromatic carbocycles. The van der Waals surface area contributed by atoms with Crippen molar-refractivity contribution in [3.8, 4) is 0 Å². The van der Waals surface area contributed by atoms with Crippen LogP contribution < -0.4 is 0 Å². The van der Waals surface area contributed by atoms with Crippen molar-refractivity contribution in [2.24, 2.45) is 5.92 Å². The van der Waals surface area contributed by atoms with Gasteiger partial charge in [0.05, 0.1) is 13.0 Å². The van der Waals surface area contributed by atoms with Crippen LogP contribution in [-0.4, -0.2) is 17.6 Å². The highest BCUT2D eigenvalue weighted by atomic mass is 16.5. The predicted molar refractivity (Wildman–Crippen MR) is 61.1 cm³/mol. The highest BCUT2D eigenvalue weighted by molar-refractivity contribution is 5.83. The number of cyclic esters (lactones) is 1. The number of ether oxygens (including phenoxy) is 1. The normalized spacial score (nSPS) is 20.2. The van der Waals surface area contributed by atoms with E-state index in [1.807, 2.05) is 18.3 Å². The van der Waals surface area contributed by atoms with Crippen molar-refractivity contribution < 1.29 is 9.53 Å². The summed E-state index contributed by atoms with van der Waals surface area (Å²) in [6.45, 7) is 0.568. The molecular weight excluding hydrogens is 202 g/mol. The van der Waals surface area contributed by atoms with Crippen LogP contribution >= 0.6 is 0 Å². The lowest BCUT2D eigenvalue weighted by molar-refractivity contribution is -0.137. The Morgan fingerprint density at radius 3 is 3.06 bits per heavy atom. The van der Waals surface area contributed by atoms with E-state index < -0.39 is 0 Å².